The van der Waals surface area contributed by atoms with Crippen molar-refractivity contribution >= 4 is 17.9 Å². The number of hydrogen-bond donors (Lipinski definition) is 0. The van der Waals surface area contributed by atoms with Crippen LogP contribution in [0.25, 0.3) is 0 Å². The molecule has 0 saturated carbocycles. The summed E-state index contributed by atoms with van der Waals surface area (Å²) in [5, 5.41) is 0. The molecular weight excluding hydrogens is 352 g/mol. The lowest BCUT2D eigenvalue weighted by molar-refractivity contribution is -0.342. The van der Waals surface area contributed by atoms with Crippen molar-refractivity contribution in [1.29, 1.82) is 0 Å². The zero-order valence-corrected chi connectivity index (χ0v) is 15.4. The van der Waals surface area contributed by atoms with Crippen molar-refractivity contribution in [3.8, 4) is 0 Å². The number of esters is 3. The number of ether oxygens (including phenoxy) is 7. The molecule has 0 bridgehead atoms. The first-order valence-corrected chi connectivity index (χ1v) is 8.28. The van der Waals surface area contributed by atoms with Crippen molar-refractivity contribution in [2.24, 2.45) is 0 Å². The summed E-state index contributed by atoms with van der Waals surface area (Å²) in [5.74, 6) is -3.18. The number of rotatable bonds is 6. The third-order valence-electron chi connectivity index (χ3n) is 3.73. The van der Waals surface area contributed by atoms with Gasteiger partial charge in [-0.15, -0.1) is 0 Å². The lowest BCUT2D eigenvalue weighted by Crippen LogP contribution is -2.60. The molecule has 2 aliphatic heterocycles. The molecule has 2 fully saturated rings. The Hall–Kier alpha value is -1.75. The number of carbonyl (C=O) groups is 3. The Morgan fingerprint density at radius 2 is 1.58 bits per heavy atom. The van der Waals surface area contributed by atoms with E-state index in [1.807, 2.05) is 0 Å². The van der Waals surface area contributed by atoms with Gasteiger partial charge in [0.05, 0.1) is 0 Å². The Morgan fingerprint density at radius 3 is 2.12 bits per heavy atom. The van der Waals surface area contributed by atoms with Crippen molar-refractivity contribution < 1.29 is 47.5 Å². The van der Waals surface area contributed by atoms with E-state index < -0.39 is 54.6 Å². The highest BCUT2D eigenvalue weighted by atomic mass is 16.9. The molecule has 0 spiro atoms. The Labute approximate surface area is 150 Å². The number of carbonyl (C=O) groups excluding carboxylic acids is 3. The highest BCUT2D eigenvalue weighted by Gasteiger charge is 2.59. The number of fused-ring (bicyclic) bond motifs is 1. The molecule has 0 aromatic carbocycles. The van der Waals surface area contributed by atoms with Crippen LogP contribution in [-0.4, -0.2) is 67.8 Å². The Kier molecular flexibility index (Phi) is 6.56. The Bertz CT molecular complexity index is 549. The largest absolute Gasteiger partial charge is 0.463 e. The van der Waals surface area contributed by atoms with Gasteiger partial charge < -0.3 is 28.4 Å². The van der Waals surface area contributed by atoms with Crippen molar-refractivity contribution in [2.75, 3.05) is 13.2 Å². The van der Waals surface area contributed by atoms with E-state index in [4.69, 9.17) is 33.2 Å². The van der Waals surface area contributed by atoms with Crippen LogP contribution in [0.2, 0.25) is 0 Å². The van der Waals surface area contributed by atoms with Gasteiger partial charge in [0.2, 0.25) is 0 Å². The quantitative estimate of drug-likeness (QED) is 0.472. The lowest BCUT2D eigenvalue weighted by atomic mass is 9.98. The molecule has 148 valence electrons. The first kappa shape index (κ1) is 20.6. The van der Waals surface area contributed by atoms with Gasteiger partial charge in [-0.1, -0.05) is 0 Å². The van der Waals surface area contributed by atoms with E-state index in [0.717, 1.165) is 0 Å². The summed E-state index contributed by atoms with van der Waals surface area (Å²) in [4.78, 5) is 34.2. The molecule has 0 N–H and O–H groups in total. The van der Waals surface area contributed by atoms with Crippen LogP contribution in [-0.2, 0) is 47.5 Å². The summed E-state index contributed by atoms with van der Waals surface area (Å²) >= 11 is 0. The van der Waals surface area contributed by atoms with E-state index in [9.17, 15) is 14.4 Å². The minimum atomic E-state index is -1.42. The van der Waals surface area contributed by atoms with Crippen LogP contribution in [0.15, 0.2) is 0 Å². The first-order chi connectivity index (χ1) is 12.1. The van der Waals surface area contributed by atoms with Gasteiger partial charge in [0.15, 0.2) is 24.6 Å². The minimum Gasteiger partial charge on any atom is -0.463 e. The molecule has 2 heterocycles. The topological polar surface area (TPSA) is 116 Å². The second-order valence-electron chi connectivity index (χ2n) is 5.99. The molecule has 0 aromatic heterocycles. The van der Waals surface area contributed by atoms with Gasteiger partial charge in [0.1, 0.15) is 12.7 Å². The average Bonchev–Trinajstić information content (AvgIpc) is 2.83. The molecule has 2 saturated heterocycles. The van der Waals surface area contributed by atoms with E-state index in [1.54, 1.807) is 13.8 Å². The predicted octanol–water partition coefficient (Wildman–Crippen LogP) is 0.263. The zero-order valence-electron chi connectivity index (χ0n) is 15.4. The van der Waals surface area contributed by atoms with E-state index in [2.05, 4.69) is 0 Å². The van der Waals surface area contributed by atoms with Crippen LogP contribution in [0.3, 0.4) is 0 Å². The molecule has 10 nitrogen and oxygen atoms in total. The Morgan fingerprint density at radius 1 is 0.962 bits per heavy atom. The van der Waals surface area contributed by atoms with Crippen LogP contribution in [0.4, 0.5) is 0 Å². The maximum atomic E-state index is 11.6. The summed E-state index contributed by atoms with van der Waals surface area (Å²) in [6.45, 7) is 7.04. The van der Waals surface area contributed by atoms with Crippen molar-refractivity contribution in [3.63, 3.8) is 0 Å². The molecule has 26 heavy (non-hydrogen) atoms. The smallest absolute Gasteiger partial charge is 0.303 e. The fraction of sp³-hybridized carbons (Fsp3) is 0.812. The molecule has 2 aliphatic rings. The highest BCUT2D eigenvalue weighted by Crippen LogP contribution is 2.39. The zero-order chi connectivity index (χ0) is 19.5. The summed E-state index contributed by atoms with van der Waals surface area (Å²) < 4.78 is 38.2. The van der Waals surface area contributed by atoms with E-state index in [0.29, 0.717) is 6.61 Å². The van der Waals surface area contributed by atoms with Gasteiger partial charge in [-0.3, -0.25) is 19.1 Å². The third-order valence-corrected chi connectivity index (χ3v) is 3.73. The molecule has 0 amide bonds. The molecular formula is C16H24O10. The third kappa shape index (κ3) is 4.91. The van der Waals surface area contributed by atoms with E-state index in [1.165, 1.54) is 20.8 Å². The molecule has 6 atom stereocenters. The van der Waals surface area contributed by atoms with Crippen LogP contribution in [0.5, 0.6) is 0 Å². The summed E-state index contributed by atoms with van der Waals surface area (Å²) in [6.07, 6.45) is -4.86. The molecule has 2 rings (SSSR count). The van der Waals surface area contributed by atoms with E-state index >= 15 is 0 Å². The van der Waals surface area contributed by atoms with Gasteiger partial charge in [-0.2, -0.15) is 0 Å². The van der Waals surface area contributed by atoms with E-state index in [-0.39, 0.29) is 6.61 Å². The maximum Gasteiger partial charge on any atom is 0.303 e. The monoisotopic (exact) mass is 376 g/mol. The fourth-order valence-electron chi connectivity index (χ4n) is 2.91. The summed E-state index contributed by atoms with van der Waals surface area (Å²) in [7, 11) is 0. The predicted molar refractivity (Wildman–Crippen MR) is 82.4 cm³/mol. The molecule has 0 aromatic rings. The first-order valence-electron chi connectivity index (χ1n) is 8.28. The Balaban J connectivity index is 2.29. The molecule has 0 unspecified atom stereocenters. The standard InChI is InChI=1S/C16H24O10/c1-6-21-16(5)25-14-13(23-10(4)19)12(22-9(3)18)11(7-20-8(2)17)24-15(14)26-16/h11-15H,6-7H2,1-5H3/t11-,12-,13+,14+,15+,16+/m1/s1. The second-order valence-corrected chi connectivity index (χ2v) is 5.99. The van der Waals surface area contributed by atoms with Crippen LogP contribution >= 0.6 is 0 Å². The minimum absolute atomic E-state index is 0.219. The van der Waals surface area contributed by atoms with Crippen LogP contribution < -0.4 is 0 Å². The van der Waals surface area contributed by atoms with Gasteiger partial charge in [-0.25, -0.2) is 0 Å². The fourth-order valence-corrected chi connectivity index (χ4v) is 2.91. The molecule has 10 heteroatoms. The SMILES string of the molecule is CCO[C@]1(C)O[C@@H]2O[C@H](COC(C)=O)[C@@H](OC(C)=O)[C@H](OC(C)=O)[C@@H]2O1. The van der Waals surface area contributed by atoms with Gasteiger partial charge in [0.25, 0.3) is 5.97 Å². The molecule has 0 radical (unpaired) electrons. The summed E-state index contributed by atoms with van der Waals surface area (Å²) in [5.41, 5.74) is 0. The lowest BCUT2D eigenvalue weighted by Gasteiger charge is -2.40. The number of hydrogen-bond acceptors (Lipinski definition) is 10. The van der Waals surface area contributed by atoms with Crippen molar-refractivity contribution in [2.45, 2.75) is 71.3 Å². The average molecular weight is 376 g/mol. The van der Waals surface area contributed by atoms with Gasteiger partial charge in [0, 0.05) is 34.3 Å². The van der Waals surface area contributed by atoms with Crippen LogP contribution in [0, 0.1) is 0 Å². The van der Waals surface area contributed by atoms with Gasteiger partial charge >= 0.3 is 17.9 Å². The normalized spacial score (nSPS) is 36.1. The van der Waals surface area contributed by atoms with Crippen molar-refractivity contribution in [1.82, 2.24) is 0 Å². The molecule has 0 aliphatic carbocycles. The maximum absolute atomic E-state index is 11.6. The van der Waals surface area contributed by atoms with Crippen molar-refractivity contribution in [3.05, 3.63) is 0 Å². The highest BCUT2D eigenvalue weighted by molar-refractivity contribution is 5.67. The summed E-state index contributed by atoms with van der Waals surface area (Å²) in [6, 6.07) is 0. The van der Waals surface area contributed by atoms with Crippen LogP contribution in [0.1, 0.15) is 34.6 Å². The second kappa shape index (κ2) is 8.30. The van der Waals surface area contributed by atoms with Gasteiger partial charge in [-0.05, 0) is 6.92 Å².